The number of nitrogens with zero attached hydrogens (tertiary/aromatic N) is 1. The van der Waals surface area contributed by atoms with Crippen molar-refractivity contribution in [3.8, 4) is 0 Å². The van der Waals surface area contributed by atoms with E-state index >= 15 is 0 Å². The summed E-state index contributed by atoms with van der Waals surface area (Å²) in [4.78, 5) is 14.3. The summed E-state index contributed by atoms with van der Waals surface area (Å²) in [6, 6.07) is 6.83. The number of morpholine rings is 1. The Bertz CT molecular complexity index is 616. The summed E-state index contributed by atoms with van der Waals surface area (Å²) in [5.74, 6) is -0.128. The first-order valence-corrected chi connectivity index (χ1v) is 9.02. The molecule has 1 aliphatic rings. The summed E-state index contributed by atoms with van der Waals surface area (Å²) >= 11 is 0. The fraction of sp³-hybridized carbons (Fsp3) is 0.533. The number of benzene rings is 1. The van der Waals surface area contributed by atoms with E-state index in [2.05, 4.69) is 0 Å². The zero-order valence-electron chi connectivity index (χ0n) is 12.6. The minimum Gasteiger partial charge on any atom is -0.372 e. The lowest BCUT2D eigenvalue weighted by atomic mass is 10.1. The summed E-state index contributed by atoms with van der Waals surface area (Å²) in [6.07, 6.45) is 1.21. The van der Waals surface area contributed by atoms with Crippen LogP contribution in [0.2, 0.25) is 0 Å². The van der Waals surface area contributed by atoms with Crippen LogP contribution in [-0.2, 0) is 20.3 Å². The van der Waals surface area contributed by atoms with Crippen LogP contribution in [0.4, 0.5) is 0 Å². The second-order valence-electron chi connectivity index (χ2n) is 5.74. The van der Waals surface area contributed by atoms with E-state index in [0.29, 0.717) is 24.2 Å². The van der Waals surface area contributed by atoms with Gasteiger partial charge in [-0.3, -0.25) is 4.79 Å². The van der Waals surface area contributed by atoms with Crippen molar-refractivity contribution < 1.29 is 17.9 Å². The van der Waals surface area contributed by atoms with Crippen molar-refractivity contribution in [1.29, 1.82) is 0 Å². The van der Waals surface area contributed by atoms with E-state index in [0.717, 1.165) is 0 Å². The fourth-order valence-electron chi connectivity index (χ4n) is 2.62. The molecule has 1 aliphatic heterocycles. The van der Waals surface area contributed by atoms with Gasteiger partial charge < -0.3 is 9.64 Å². The monoisotopic (exact) mass is 311 g/mol. The molecule has 6 heteroatoms. The highest BCUT2D eigenvalue weighted by Crippen LogP contribution is 2.16. The molecule has 0 spiro atoms. The molecule has 1 saturated heterocycles. The van der Waals surface area contributed by atoms with Gasteiger partial charge in [-0.25, -0.2) is 8.42 Å². The standard InChI is InChI=1S/C15H21NO4S/c1-11-8-16(9-12(2)20-11)15(17)14-6-4-5-13(7-14)10-21(3,18)19/h4-7,11-12H,8-10H2,1-3H3/t11-,12-/m0/s1. The molecule has 2 atom stereocenters. The van der Waals surface area contributed by atoms with Gasteiger partial charge in [0.25, 0.3) is 5.91 Å². The molecule has 0 aliphatic carbocycles. The van der Waals surface area contributed by atoms with Crippen LogP contribution < -0.4 is 0 Å². The number of carbonyl (C=O) groups excluding carboxylic acids is 1. The number of rotatable bonds is 3. The third-order valence-corrected chi connectivity index (χ3v) is 4.17. The summed E-state index contributed by atoms with van der Waals surface area (Å²) in [6.45, 7) is 4.99. The first-order valence-electron chi connectivity index (χ1n) is 6.96. The normalized spacial score (nSPS) is 23.1. The lowest BCUT2D eigenvalue weighted by Gasteiger charge is -2.35. The van der Waals surface area contributed by atoms with Crippen molar-refractivity contribution in [2.75, 3.05) is 19.3 Å². The molecular formula is C15H21NO4S. The molecule has 1 amide bonds. The Morgan fingerprint density at radius 1 is 1.29 bits per heavy atom. The molecule has 0 unspecified atom stereocenters. The van der Waals surface area contributed by atoms with E-state index in [1.807, 2.05) is 13.8 Å². The quantitative estimate of drug-likeness (QED) is 0.848. The molecule has 5 nitrogen and oxygen atoms in total. The third-order valence-electron chi connectivity index (χ3n) is 3.31. The van der Waals surface area contributed by atoms with Crippen molar-refractivity contribution in [2.24, 2.45) is 0 Å². The number of hydrogen-bond donors (Lipinski definition) is 0. The molecule has 1 fully saturated rings. The van der Waals surface area contributed by atoms with Gasteiger partial charge in [0.2, 0.25) is 0 Å². The number of carbonyl (C=O) groups is 1. The first-order chi connectivity index (χ1) is 9.74. The van der Waals surface area contributed by atoms with Gasteiger partial charge in [0.1, 0.15) is 0 Å². The van der Waals surface area contributed by atoms with E-state index < -0.39 is 9.84 Å². The zero-order chi connectivity index (χ0) is 15.6. The van der Waals surface area contributed by atoms with Crippen LogP contribution in [0.25, 0.3) is 0 Å². The maximum atomic E-state index is 12.5. The van der Waals surface area contributed by atoms with Crippen LogP contribution in [0, 0.1) is 0 Å². The third kappa shape index (κ3) is 4.54. The lowest BCUT2D eigenvalue weighted by Crippen LogP contribution is -2.48. The molecular weight excluding hydrogens is 290 g/mol. The van der Waals surface area contributed by atoms with Crippen molar-refractivity contribution in [3.63, 3.8) is 0 Å². The van der Waals surface area contributed by atoms with Crippen molar-refractivity contribution in [3.05, 3.63) is 35.4 Å². The Balaban J connectivity index is 2.17. The Kier molecular flexibility index (Phi) is 4.68. The molecule has 0 radical (unpaired) electrons. The van der Waals surface area contributed by atoms with Gasteiger partial charge in [-0.1, -0.05) is 12.1 Å². The summed E-state index contributed by atoms with van der Waals surface area (Å²) in [5, 5.41) is 0. The van der Waals surface area contributed by atoms with Gasteiger partial charge in [-0.05, 0) is 31.5 Å². The Morgan fingerprint density at radius 2 is 1.90 bits per heavy atom. The smallest absolute Gasteiger partial charge is 0.254 e. The second-order valence-corrected chi connectivity index (χ2v) is 7.88. The maximum Gasteiger partial charge on any atom is 0.254 e. The zero-order valence-corrected chi connectivity index (χ0v) is 13.4. The molecule has 1 heterocycles. The number of ether oxygens (including phenoxy) is 1. The minimum absolute atomic E-state index is 0.0110. The summed E-state index contributed by atoms with van der Waals surface area (Å²) in [5.41, 5.74) is 1.16. The topological polar surface area (TPSA) is 63.7 Å². The van der Waals surface area contributed by atoms with Crippen molar-refractivity contribution >= 4 is 15.7 Å². The summed E-state index contributed by atoms with van der Waals surface area (Å²) < 4.78 is 28.3. The van der Waals surface area contributed by atoms with Gasteiger partial charge >= 0.3 is 0 Å². The average molecular weight is 311 g/mol. The van der Waals surface area contributed by atoms with Gasteiger partial charge in [0, 0.05) is 24.9 Å². The van der Waals surface area contributed by atoms with Crippen molar-refractivity contribution in [1.82, 2.24) is 4.90 Å². The van der Waals surface area contributed by atoms with Gasteiger partial charge in [-0.15, -0.1) is 0 Å². The highest BCUT2D eigenvalue weighted by atomic mass is 32.2. The molecule has 1 aromatic carbocycles. The Hall–Kier alpha value is -1.40. The van der Waals surface area contributed by atoms with Crippen LogP contribution in [0.3, 0.4) is 0 Å². The lowest BCUT2D eigenvalue weighted by molar-refractivity contribution is -0.0586. The molecule has 1 aromatic rings. The molecule has 2 rings (SSSR count). The minimum atomic E-state index is -3.11. The molecule has 0 aromatic heterocycles. The largest absolute Gasteiger partial charge is 0.372 e. The maximum absolute atomic E-state index is 12.5. The first kappa shape index (κ1) is 16.0. The predicted octanol–water partition coefficient (Wildman–Crippen LogP) is 1.48. The van der Waals surface area contributed by atoms with E-state index in [9.17, 15) is 13.2 Å². The highest BCUT2D eigenvalue weighted by Gasteiger charge is 2.26. The van der Waals surface area contributed by atoms with Crippen LogP contribution in [-0.4, -0.2) is 50.8 Å². The van der Waals surface area contributed by atoms with Gasteiger partial charge in [-0.2, -0.15) is 0 Å². The summed E-state index contributed by atoms with van der Waals surface area (Å²) in [7, 11) is -3.11. The van der Waals surface area contributed by atoms with E-state index in [1.54, 1.807) is 29.2 Å². The van der Waals surface area contributed by atoms with E-state index in [1.165, 1.54) is 6.26 Å². The SMILES string of the molecule is C[C@H]1CN(C(=O)c2cccc(CS(C)(=O)=O)c2)C[C@H](C)O1. The second kappa shape index (κ2) is 6.15. The highest BCUT2D eigenvalue weighted by molar-refractivity contribution is 7.89. The number of sulfone groups is 1. The fourth-order valence-corrected chi connectivity index (χ4v) is 3.41. The molecule has 0 bridgehead atoms. The number of amides is 1. The van der Waals surface area contributed by atoms with Gasteiger partial charge in [0.05, 0.1) is 18.0 Å². The van der Waals surface area contributed by atoms with Gasteiger partial charge in [0.15, 0.2) is 9.84 Å². The van der Waals surface area contributed by atoms with Crippen molar-refractivity contribution in [2.45, 2.75) is 31.8 Å². The van der Waals surface area contributed by atoms with E-state index in [4.69, 9.17) is 4.74 Å². The molecule has 116 valence electrons. The van der Waals surface area contributed by atoms with Crippen LogP contribution in [0.5, 0.6) is 0 Å². The Morgan fingerprint density at radius 3 is 2.48 bits per heavy atom. The van der Waals surface area contributed by atoms with Crippen LogP contribution in [0.1, 0.15) is 29.8 Å². The molecule has 0 saturated carbocycles. The average Bonchev–Trinajstić information content (AvgIpc) is 2.35. The van der Waals surface area contributed by atoms with Crippen LogP contribution in [0.15, 0.2) is 24.3 Å². The molecule has 21 heavy (non-hydrogen) atoms. The predicted molar refractivity (Wildman–Crippen MR) is 80.9 cm³/mol. The Labute approximate surface area is 125 Å². The molecule has 0 N–H and O–H groups in total. The number of hydrogen-bond acceptors (Lipinski definition) is 4. The van der Waals surface area contributed by atoms with Crippen LogP contribution >= 0.6 is 0 Å². The van der Waals surface area contributed by atoms with E-state index in [-0.39, 0.29) is 23.9 Å².